The Morgan fingerprint density at radius 3 is 2.57 bits per heavy atom. The van der Waals surface area contributed by atoms with Crippen molar-refractivity contribution in [3.8, 4) is 5.75 Å². The monoisotopic (exact) mass is 333 g/mol. The highest BCUT2D eigenvalue weighted by molar-refractivity contribution is 6.42. The van der Waals surface area contributed by atoms with Gasteiger partial charge in [-0.15, -0.1) is 0 Å². The Morgan fingerprint density at radius 2 is 1.95 bits per heavy atom. The highest BCUT2D eigenvalue weighted by atomic mass is 35.5. The molecular weight excluding hydrogens is 317 g/mol. The van der Waals surface area contributed by atoms with Gasteiger partial charge in [0.1, 0.15) is 12.3 Å². The molecule has 0 radical (unpaired) electrons. The lowest BCUT2D eigenvalue weighted by Gasteiger charge is -2.16. The minimum Gasteiger partial charge on any atom is -0.493 e. The smallest absolute Gasteiger partial charge is 0.325 e. The lowest BCUT2D eigenvalue weighted by molar-refractivity contribution is -0.148. The topological polar surface area (TPSA) is 55.8 Å². The van der Waals surface area contributed by atoms with E-state index in [1.165, 1.54) is 4.90 Å². The Bertz CT molecular complexity index is 508. The van der Waals surface area contributed by atoms with Crippen molar-refractivity contribution in [3.63, 3.8) is 0 Å². The second-order valence-corrected chi connectivity index (χ2v) is 5.04. The molecule has 7 heteroatoms. The Balaban J connectivity index is 2.35. The standard InChI is InChI=1S/C14H17Cl2NO4/c1-3-20-14(19)9-17(2)13(18)6-7-21-10-4-5-11(15)12(16)8-10/h4-5,8H,3,6-7,9H2,1-2H3. The van der Waals surface area contributed by atoms with E-state index in [2.05, 4.69) is 0 Å². The normalized spacial score (nSPS) is 10.1. The number of carbonyl (C=O) groups excluding carboxylic acids is 2. The Kier molecular flexibility index (Phi) is 7.32. The number of benzene rings is 1. The summed E-state index contributed by atoms with van der Waals surface area (Å²) in [4.78, 5) is 24.3. The quantitative estimate of drug-likeness (QED) is 0.720. The van der Waals surface area contributed by atoms with Crippen molar-refractivity contribution in [2.24, 2.45) is 0 Å². The molecule has 0 heterocycles. The summed E-state index contributed by atoms with van der Waals surface area (Å²) in [5.41, 5.74) is 0. The van der Waals surface area contributed by atoms with Gasteiger partial charge in [0.2, 0.25) is 5.91 Å². The zero-order chi connectivity index (χ0) is 15.8. The highest BCUT2D eigenvalue weighted by Gasteiger charge is 2.13. The molecule has 0 unspecified atom stereocenters. The predicted octanol–water partition coefficient (Wildman–Crippen LogP) is 2.78. The molecule has 5 nitrogen and oxygen atoms in total. The van der Waals surface area contributed by atoms with E-state index in [4.69, 9.17) is 32.7 Å². The van der Waals surface area contributed by atoms with Crippen molar-refractivity contribution in [1.29, 1.82) is 0 Å². The zero-order valence-corrected chi connectivity index (χ0v) is 13.4. The number of rotatable bonds is 7. The number of esters is 1. The van der Waals surface area contributed by atoms with Gasteiger partial charge < -0.3 is 14.4 Å². The second kappa shape index (κ2) is 8.74. The van der Waals surface area contributed by atoms with Crippen LogP contribution in [-0.2, 0) is 14.3 Å². The van der Waals surface area contributed by atoms with E-state index in [-0.39, 0.29) is 25.5 Å². The number of amides is 1. The van der Waals surface area contributed by atoms with Crippen LogP contribution in [0.15, 0.2) is 18.2 Å². The van der Waals surface area contributed by atoms with Gasteiger partial charge in [-0.2, -0.15) is 0 Å². The van der Waals surface area contributed by atoms with E-state index in [0.717, 1.165) is 0 Å². The molecule has 1 aromatic carbocycles. The molecule has 1 amide bonds. The fourth-order valence-corrected chi connectivity index (χ4v) is 1.79. The van der Waals surface area contributed by atoms with Gasteiger partial charge in [0, 0.05) is 13.1 Å². The molecule has 0 saturated heterocycles. The summed E-state index contributed by atoms with van der Waals surface area (Å²) >= 11 is 11.6. The van der Waals surface area contributed by atoms with Gasteiger partial charge in [0.15, 0.2) is 0 Å². The first-order chi connectivity index (χ1) is 9.93. The molecule has 0 aliphatic heterocycles. The van der Waals surface area contributed by atoms with Crippen LogP contribution in [0.25, 0.3) is 0 Å². The summed E-state index contributed by atoms with van der Waals surface area (Å²) < 4.78 is 10.2. The lowest BCUT2D eigenvalue weighted by atomic mass is 10.3. The van der Waals surface area contributed by atoms with Crippen molar-refractivity contribution in [1.82, 2.24) is 4.90 Å². The lowest BCUT2D eigenvalue weighted by Crippen LogP contribution is -2.33. The van der Waals surface area contributed by atoms with Crippen LogP contribution < -0.4 is 4.74 Å². The summed E-state index contributed by atoms with van der Waals surface area (Å²) in [7, 11) is 1.54. The van der Waals surface area contributed by atoms with Crippen LogP contribution in [0.1, 0.15) is 13.3 Å². The van der Waals surface area contributed by atoms with E-state index >= 15 is 0 Å². The maximum atomic E-state index is 11.8. The van der Waals surface area contributed by atoms with Gasteiger partial charge in [-0.05, 0) is 19.1 Å². The average Bonchev–Trinajstić information content (AvgIpc) is 2.42. The molecule has 0 aliphatic carbocycles. The molecule has 0 bridgehead atoms. The van der Waals surface area contributed by atoms with Crippen LogP contribution in [0.4, 0.5) is 0 Å². The van der Waals surface area contributed by atoms with Crippen LogP contribution >= 0.6 is 23.2 Å². The van der Waals surface area contributed by atoms with E-state index in [0.29, 0.717) is 22.4 Å². The third-order valence-corrected chi connectivity index (χ3v) is 3.31. The fourth-order valence-electron chi connectivity index (χ4n) is 1.50. The van der Waals surface area contributed by atoms with Gasteiger partial charge in [-0.3, -0.25) is 9.59 Å². The molecule has 1 rings (SSSR count). The maximum Gasteiger partial charge on any atom is 0.325 e. The van der Waals surface area contributed by atoms with Crippen LogP contribution in [0.3, 0.4) is 0 Å². The van der Waals surface area contributed by atoms with Crippen molar-refractivity contribution in [2.75, 3.05) is 26.8 Å². The molecule has 0 fully saturated rings. The molecule has 0 atom stereocenters. The third kappa shape index (κ3) is 6.23. The Morgan fingerprint density at radius 1 is 1.24 bits per heavy atom. The molecule has 0 spiro atoms. The van der Waals surface area contributed by atoms with Gasteiger partial charge in [-0.1, -0.05) is 23.2 Å². The van der Waals surface area contributed by atoms with Gasteiger partial charge in [0.25, 0.3) is 0 Å². The molecule has 0 aliphatic rings. The van der Waals surface area contributed by atoms with E-state index < -0.39 is 5.97 Å². The van der Waals surface area contributed by atoms with Crippen molar-refractivity contribution in [3.05, 3.63) is 28.2 Å². The number of hydrogen-bond acceptors (Lipinski definition) is 4. The van der Waals surface area contributed by atoms with Crippen LogP contribution in [0.2, 0.25) is 10.0 Å². The van der Waals surface area contributed by atoms with E-state index in [1.807, 2.05) is 0 Å². The number of likely N-dealkylation sites (N-methyl/N-ethyl adjacent to an activating group) is 1. The number of nitrogens with zero attached hydrogens (tertiary/aromatic N) is 1. The van der Waals surface area contributed by atoms with Gasteiger partial charge in [-0.25, -0.2) is 0 Å². The molecule has 1 aromatic rings. The summed E-state index contributed by atoms with van der Waals surface area (Å²) in [5, 5.41) is 0.828. The van der Waals surface area contributed by atoms with Crippen molar-refractivity contribution < 1.29 is 19.1 Å². The van der Waals surface area contributed by atoms with Crippen molar-refractivity contribution in [2.45, 2.75) is 13.3 Å². The van der Waals surface area contributed by atoms with Crippen molar-refractivity contribution >= 4 is 35.1 Å². The number of ether oxygens (including phenoxy) is 2. The Labute approximate surface area is 133 Å². The SMILES string of the molecule is CCOC(=O)CN(C)C(=O)CCOc1ccc(Cl)c(Cl)c1. The predicted molar refractivity (Wildman–Crippen MR) is 80.8 cm³/mol. The fraction of sp³-hybridized carbons (Fsp3) is 0.429. The largest absolute Gasteiger partial charge is 0.493 e. The van der Waals surface area contributed by atoms with E-state index in [9.17, 15) is 9.59 Å². The van der Waals surface area contributed by atoms with Gasteiger partial charge in [0.05, 0.1) is 29.7 Å². The molecule has 0 N–H and O–H groups in total. The summed E-state index contributed by atoms with van der Waals surface area (Å²) in [6.07, 6.45) is 0.149. The minimum atomic E-state index is -0.432. The first kappa shape index (κ1) is 17.6. The maximum absolute atomic E-state index is 11.8. The molecule has 116 valence electrons. The molecule has 21 heavy (non-hydrogen) atoms. The summed E-state index contributed by atoms with van der Waals surface area (Å²) in [6.45, 7) is 2.12. The first-order valence-corrected chi connectivity index (χ1v) is 7.17. The summed E-state index contributed by atoms with van der Waals surface area (Å²) in [5.74, 6) is -0.105. The molecular formula is C14H17Cl2NO4. The first-order valence-electron chi connectivity index (χ1n) is 6.41. The average molecular weight is 334 g/mol. The second-order valence-electron chi connectivity index (χ2n) is 4.23. The van der Waals surface area contributed by atoms with Gasteiger partial charge >= 0.3 is 5.97 Å². The van der Waals surface area contributed by atoms with Crippen LogP contribution in [-0.4, -0.2) is 43.6 Å². The van der Waals surface area contributed by atoms with E-state index in [1.54, 1.807) is 32.2 Å². The zero-order valence-electron chi connectivity index (χ0n) is 11.9. The molecule has 0 aromatic heterocycles. The van der Waals surface area contributed by atoms with Crippen LogP contribution in [0.5, 0.6) is 5.75 Å². The minimum absolute atomic E-state index is 0.0700. The molecule has 0 saturated carbocycles. The summed E-state index contributed by atoms with van der Waals surface area (Å²) in [6, 6.07) is 4.87. The third-order valence-electron chi connectivity index (χ3n) is 2.57. The number of hydrogen-bond donors (Lipinski definition) is 0. The highest BCUT2D eigenvalue weighted by Crippen LogP contribution is 2.26. The van der Waals surface area contributed by atoms with Crippen LogP contribution in [0, 0.1) is 0 Å². The number of halogens is 2. The number of carbonyl (C=O) groups is 2. The Hall–Kier alpha value is -1.46.